The number of methoxy groups -OCH3 is 1. The predicted molar refractivity (Wildman–Crippen MR) is 105 cm³/mol. The first-order valence-corrected chi connectivity index (χ1v) is 8.93. The van der Waals surface area contributed by atoms with Crippen molar-refractivity contribution in [1.29, 1.82) is 0 Å². The number of carbonyl (C=O) groups excluding carboxylic acids is 3. The number of ether oxygens (including phenoxy) is 1. The van der Waals surface area contributed by atoms with Crippen LogP contribution in [0.15, 0.2) is 42.5 Å². The van der Waals surface area contributed by atoms with E-state index in [1.807, 2.05) is 0 Å². The number of hydrogen-bond donors (Lipinski definition) is 2. The summed E-state index contributed by atoms with van der Waals surface area (Å²) in [5.41, 5.74) is 0.727. The lowest BCUT2D eigenvalue weighted by molar-refractivity contribution is -0.117. The molecule has 0 fully saturated rings. The molecule has 0 saturated carbocycles. The van der Waals surface area contributed by atoms with Gasteiger partial charge in [-0.25, -0.2) is 18.3 Å². The molecule has 0 bridgehead atoms. The largest absolute Gasteiger partial charge is 0.465 e. The highest BCUT2D eigenvalue weighted by Crippen LogP contribution is 2.17. The molecule has 2 amide bonds. The quantitative estimate of drug-likeness (QED) is 0.582. The Kier molecular flexibility index (Phi) is 6.34. The summed E-state index contributed by atoms with van der Waals surface area (Å²) >= 11 is 0. The third-order valence-electron chi connectivity index (χ3n) is 4.26. The molecule has 160 valence electrons. The number of aromatic nitrogens is 3. The van der Waals surface area contributed by atoms with Crippen LogP contribution in [0.4, 0.5) is 20.2 Å². The Hall–Kier alpha value is -4.15. The number of carbonyl (C=O) groups is 3. The highest BCUT2D eigenvalue weighted by Gasteiger charge is 2.19. The number of benzene rings is 2. The maximum atomic E-state index is 13.7. The molecule has 0 saturated heterocycles. The van der Waals surface area contributed by atoms with Gasteiger partial charge in [0.15, 0.2) is 5.69 Å². The summed E-state index contributed by atoms with van der Waals surface area (Å²) in [5, 5.41) is 12.4. The van der Waals surface area contributed by atoms with Gasteiger partial charge in [-0.15, -0.1) is 5.10 Å². The van der Waals surface area contributed by atoms with Crippen molar-refractivity contribution >= 4 is 29.2 Å². The number of esters is 1. The van der Waals surface area contributed by atoms with Crippen LogP contribution in [0.1, 0.15) is 26.5 Å². The molecule has 31 heavy (non-hydrogen) atoms. The summed E-state index contributed by atoms with van der Waals surface area (Å²) in [6, 6.07) is 8.80. The molecule has 0 unspecified atom stereocenters. The molecule has 1 aromatic heterocycles. The van der Waals surface area contributed by atoms with Crippen molar-refractivity contribution in [1.82, 2.24) is 15.0 Å². The van der Waals surface area contributed by atoms with Gasteiger partial charge in [0.25, 0.3) is 5.91 Å². The molecule has 2 aromatic carbocycles. The van der Waals surface area contributed by atoms with Gasteiger partial charge in [-0.05, 0) is 43.3 Å². The van der Waals surface area contributed by atoms with E-state index in [9.17, 15) is 23.2 Å². The van der Waals surface area contributed by atoms with Crippen molar-refractivity contribution < 1.29 is 27.9 Å². The molecule has 0 atom stereocenters. The van der Waals surface area contributed by atoms with E-state index >= 15 is 0 Å². The van der Waals surface area contributed by atoms with Crippen LogP contribution in [-0.2, 0) is 16.1 Å². The molecule has 0 aliphatic carbocycles. The third kappa shape index (κ3) is 5.07. The Morgan fingerprint density at radius 1 is 1.06 bits per heavy atom. The SMILES string of the molecule is COC(=O)c1ccc(NC(=O)Cn2nnc(C(=O)Nc3ccc(F)cc3F)c2C)cc1. The molecule has 0 aliphatic heterocycles. The lowest BCUT2D eigenvalue weighted by Crippen LogP contribution is -2.21. The van der Waals surface area contributed by atoms with Gasteiger partial charge in [-0.3, -0.25) is 9.59 Å². The molecule has 3 aromatic rings. The third-order valence-corrected chi connectivity index (χ3v) is 4.26. The molecule has 11 heteroatoms. The number of rotatable bonds is 6. The van der Waals surface area contributed by atoms with Crippen LogP contribution < -0.4 is 10.6 Å². The van der Waals surface area contributed by atoms with Gasteiger partial charge in [-0.2, -0.15) is 0 Å². The number of nitrogens with zero attached hydrogens (tertiary/aromatic N) is 3. The maximum Gasteiger partial charge on any atom is 0.337 e. The summed E-state index contributed by atoms with van der Waals surface area (Å²) in [6.07, 6.45) is 0. The number of halogens is 2. The van der Waals surface area contributed by atoms with Crippen LogP contribution >= 0.6 is 0 Å². The molecule has 0 spiro atoms. The highest BCUT2D eigenvalue weighted by molar-refractivity contribution is 6.03. The lowest BCUT2D eigenvalue weighted by atomic mass is 10.2. The van der Waals surface area contributed by atoms with E-state index in [2.05, 4.69) is 25.7 Å². The normalized spacial score (nSPS) is 10.5. The Morgan fingerprint density at radius 3 is 2.42 bits per heavy atom. The Balaban J connectivity index is 1.64. The molecule has 2 N–H and O–H groups in total. The standard InChI is InChI=1S/C20H17F2N5O4/c1-11-18(19(29)24-16-8-5-13(21)9-15(16)22)25-26-27(11)10-17(28)23-14-6-3-12(4-7-14)20(30)31-2/h3-9H,10H2,1-2H3,(H,23,28)(H,24,29). The molecule has 3 rings (SSSR count). The average molecular weight is 429 g/mol. The van der Waals surface area contributed by atoms with Crippen LogP contribution in [0, 0.1) is 18.6 Å². The van der Waals surface area contributed by atoms with E-state index in [0.29, 0.717) is 17.3 Å². The van der Waals surface area contributed by atoms with Crippen LogP contribution in [0.3, 0.4) is 0 Å². The van der Waals surface area contributed by atoms with Gasteiger partial charge in [0, 0.05) is 11.8 Å². The molecule has 0 radical (unpaired) electrons. The van der Waals surface area contributed by atoms with Crippen molar-refractivity contribution in [2.45, 2.75) is 13.5 Å². The summed E-state index contributed by atoms with van der Waals surface area (Å²) in [4.78, 5) is 36.1. The number of hydrogen-bond acceptors (Lipinski definition) is 6. The first-order valence-electron chi connectivity index (χ1n) is 8.93. The topological polar surface area (TPSA) is 115 Å². The lowest BCUT2D eigenvalue weighted by Gasteiger charge is -2.08. The molecule has 9 nitrogen and oxygen atoms in total. The van der Waals surface area contributed by atoms with Gasteiger partial charge in [0.2, 0.25) is 5.91 Å². The van der Waals surface area contributed by atoms with E-state index in [-0.39, 0.29) is 23.6 Å². The summed E-state index contributed by atoms with van der Waals surface area (Å²) in [6.45, 7) is 1.28. The second kappa shape index (κ2) is 9.11. The highest BCUT2D eigenvalue weighted by atomic mass is 19.1. The van der Waals surface area contributed by atoms with E-state index < -0.39 is 29.4 Å². The number of anilines is 2. The van der Waals surface area contributed by atoms with E-state index in [4.69, 9.17) is 0 Å². The monoisotopic (exact) mass is 429 g/mol. The van der Waals surface area contributed by atoms with E-state index in [1.165, 1.54) is 43.0 Å². The summed E-state index contributed by atoms with van der Waals surface area (Å²) in [7, 11) is 1.27. The summed E-state index contributed by atoms with van der Waals surface area (Å²) in [5.74, 6) is -3.41. The average Bonchev–Trinajstić information content (AvgIpc) is 3.10. The smallest absolute Gasteiger partial charge is 0.337 e. The van der Waals surface area contributed by atoms with Crippen molar-refractivity contribution in [3.8, 4) is 0 Å². The maximum absolute atomic E-state index is 13.7. The first kappa shape index (κ1) is 21.6. The zero-order valence-electron chi connectivity index (χ0n) is 16.5. The van der Waals surface area contributed by atoms with Crippen LogP contribution in [0.5, 0.6) is 0 Å². The minimum atomic E-state index is -0.934. The fraction of sp³-hybridized carbons (Fsp3) is 0.150. The molecule has 1 heterocycles. The second-order valence-electron chi connectivity index (χ2n) is 6.38. The molecular formula is C20H17F2N5O4. The van der Waals surface area contributed by atoms with E-state index in [0.717, 1.165) is 12.1 Å². The van der Waals surface area contributed by atoms with E-state index in [1.54, 1.807) is 0 Å². The van der Waals surface area contributed by atoms with Crippen LogP contribution in [-0.4, -0.2) is 39.9 Å². The number of amides is 2. The van der Waals surface area contributed by atoms with Gasteiger partial charge in [0.05, 0.1) is 24.1 Å². The predicted octanol–water partition coefficient (Wildman–Crippen LogP) is 2.54. The van der Waals surface area contributed by atoms with Gasteiger partial charge in [0.1, 0.15) is 18.2 Å². The van der Waals surface area contributed by atoms with Crippen molar-refractivity contribution in [2.24, 2.45) is 0 Å². The van der Waals surface area contributed by atoms with Gasteiger partial charge in [-0.1, -0.05) is 5.21 Å². The Labute approximate surface area is 175 Å². The molecule has 0 aliphatic rings. The van der Waals surface area contributed by atoms with Gasteiger partial charge < -0.3 is 15.4 Å². The van der Waals surface area contributed by atoms with Crippen LogP contribution in [0.2, 0.25) is 0 Å². The fourth-order valence-electron chi connectivity index (χ4n) is 2.64. The Bertz CT molecular complexity index is 1140. The zero-order valence-corrected chi connectivity index (χ0v) is 16.5. The summed E-state index contributed by atoms with van der Waals surface area (Å²) < 4.78 is 32.5. The zero-order chi connectivity index (χ0) is 22.5. The van der Waals surface area contributed by atoms with Crippen molar-refractivity contribution in [2.75, 3.05) is 17.7 Å². The van der Waals surface area contributed by atoms with Gasteiger partial charge >= 0.3 is 5.97 Å². The molecular weight excluding hydrogens is 412 g/mol. The minimum Gasteiger partial charge on any atom is -0.465 e. The minimum absolute atomic E-state index is 0.112. The fourth-order valence-corrected chi connectivity index (χ4v) is 2.64. The van der Waals surface area contributed by atoms with Crippen molar-refractivity contribution in [3.05, 3.63) is 71.1 Å². The number of nitrogens with one attached hydrogen (secondary N) is 2. The first-order chi connectivity index (χ1) is 14.8. The second-order valence-corrected chi connectivity index (χ2v) is 6.38. The Morgan fingerprint density at radius 2 is 1.77 bits per heavy atom. The van der Waals surface area contributed by atoms with Crippen molar-refractivity contribution in [3.63, 3.8) is 0 Å². The van der Waals surface area contributed by atoms with Crippen LogP contribution in [0.25, 0.3) is 0 Å².